The first-order valence-electron chi connectivity index (χ1n) is 3.66. The molecule has 11 heavy (non-hydrogen) atoms. The van der Waals surface area contributed by atoms with Crippen molar-refractivity contribution in [2.45, 2.75) is 39.4 Å². The summed E-state index contributed by atoms with van der Waals surface area (Å²) < 4.78 is 5.25. The lowest BCUT2D eigenvalue weighted by molar-refractivity contribution is -0.142. The summed E-state index contributed by atoms with van der Waals surface area (Å²) in [5, 5.41) is 8.71. The Hall–Kier alpha value is -0.410. The molecule has 0 aromatic heterocycles. The smallest absolute Gasteiger partial charge is 0.160 e. The van der Waals surface area contributed by atoms with Gasteiger partial charge in [0.05, 0.1) is 12.2 Å². The summed E-state index contributed by atoms with van der Waals surface area (Å²) in [6.07, 6.45) is -0.671. The van der Waals surface area contributed by atoms with Gasteiger partial charge in [0.25, 0.3) is 0 Å². The minimum atomic E-state index is -0.671. The highest BCUT2D eigenvalue weighted by Gasteiger charge is 2.21. The predicted octanol–water partition coefficient (Wildman–Crippen LogP) is 0.751. The number of carbonyl (C=O) groups is 1. The molecule has 0 amide bonds. The van der Waals surface area contributed by atoms with Crippen molar-refractivity contribution >= 4 is 5.78 Å². The highest BCUT2D eigenvalue weighted by Crippen LogP contribution is 2.10. The van der Waals surface area contributed by atoms with E-state index in [2.05, 4.69) is 0 Å². The van der Waals surface area contributed by atoms with E-state index in [0.29, 0.717) is 0 Å². The molecule has 0 rings (SSSR count). The SMILES string of the molecule is CC(=O)[C@H](CO)OC(C)(C)C. The van der Waals surface area contributed by atoms with Crippen LogP contribution in [0, 0.1) is 0 Å². The number of aliphatic hydroxyl groups excluding tert-OH is 1. The average molecular weight is 160 g/mol. The van der Waals surface area contributed by atoms with Crippen LogP contribution in [0.4, 0.5) is 0 Å². The maximum absolute atomic E-state index is 10.8. The molecule has 1 N–H and O–H groups in total. The zero-order valence-electron chi connectivity index (χ0n) is 7.55. The Morgan fingerprint density at radius 2 is 2.00 bits per heavy atom. The van der Waals surface area contributed by atoms with E-state index in [9.17, 15) is 4.79 Å². The van der Waals surface area contributed by atoms with Gasteiger partial charge in [0.2, 0.25) is 0 Å². The Labute approximate surface area is 67.4 Å². The molecule has 0 heterocycles. The second kappa shape index (κ2) is 3.83. The zero-order valence-corrected chi connectivity index (χ0v) is 7.55. The fraction of sp³-hybridized carbons (Fsp3) is 0.875. The third-order valence-electron chi connectivity index (χ3n) is 1.12. The number of aliphatic hydroxyl groups is 1. The summed E-state index contributed by atoms with van der Waals surface area (Å²) >= 11 is 0. The second-order valence-corrected chi connectivity index (χ2v) is 3.51. The fourth-order valence-corrected chi connectivity index (χ4v) is 0.676. The quantitative estimate of drug-likeness (QED) is 0.662. The third-order valence-corrected chi connectivity index (χ3v) is 1.12. The van der Waals surface area contributed by atoms with Crippen molar-refractivity contribution in [1.82, 2.24) is 0 Å². The van der Waals surface area contributed by atoms with Gasteiger partial charge in [-0.2, -0.15) is 0 Å². The molecule has 0 aliphatic rings. The maximum Gasteiger partial charge on any atom is 0.160 e. The van der Waals surface area contributed by atoms with E-state index in [0.717, 1.165) is 0 Å². The summed E-state index contributed by atoms with van der Waals surface area (Å²) in [4.78, 5) is 10.8. The summed E-state index contributed by atoms with van der Waals surface area (Å²) in [5.41, 5.74) is -0.376. The van der Waals surface area contributed by atoms with Crippen LogP contribution < -0.4 is 0 Å². The molecule has 66 valence electrons. The van der Waals surface area contributed by atoms with Gasteiger partial charge in [-0.3, -0.25) is 4.79 Å². The lowest BCUT2D eigenvalue weighted by atomic mass is 10.1. The topological polar surface area (TPSA) is 46.5 Å². The number of ether oxygens (including phenoxy) is 1. The standard InChI is InChI=1S/C8H16O3/c1-6(10)7(5-9)11-8(2,3)4/h7,9H,5H2,1-4H3/t7-/m0/s1. The minimum Gasteiger partial charge on any atom is -0.393 e. The third kappa shape index (κ3) is 4.93. The van der Waals surface area contributed by atoms with Crippen LogP contribution in [0.3, 0.4) is 0 Å². The molecule has 3 nitrogen and oxygen atoms in total. The molecule has 0 aliphatic heterocycles. The maximum atomic E-state index is 10.8. The highest BCUT2D eigenvalue weighted by molar-refractivity contribution is 5.80. The molecule has 0 aromatic carbocycles. The van der Waals surface area contributed by atoms with E-state index < -0.39 is 6.10 Å². The molecule has 0 aliphatic carbocycles. The summed E-state index contributed by atoms with van der Waals surface area (Å²) in [7, 11) is 0. The molecule has 0 bridgehead atoms. The molecule has 0 saturated carbocycles. The Kier molecular flexibility index (Phi) is 3.69. The van der Waals surface area contributed by atoms with Crippen LogP contribution >= 0.6 is 0 Å². The van der Waals surface area contributed by atoms with Gasteiger partial charge in [-0.15, -0.1) is 0 Å². The number of ketones is 1. The summed E-state index contributed by atoms with van der Waals surface area (Å²) in [6, 6.07) is 0. The normalized spacial score (nSPS) is 14.6. The molecule has 0 unspecified atom stereocenters. The first-order valence-corrected chi connectivity index (χ1v) is 3.66. The molecule has 0 radical (unpaired) electrons. The molecule has 0 spiro atoms. The first-order chi connectivity index (χ1) is 4.87. The van der Waals surface area contributed by atoms with Gasteiger partial charge >= 0.3 is 0 Å². The largest absolute Gasteiger partial charge is 0.393 e. The molecule has 3 heteroatoms. The van der Waals surface area contributed by atoms with Crippen molar-refractivity contribution in [2.75, 3.05) is 6.61 Å². The van der Waals surface area contributed by atoms with Crippen molar-refractivity contribution < 1.29 is 14.6 Å². The molecule has 0 fully saturated rings. The Bertz CT molecular complexity index is 135. The van der Waals surface area contributed by atoms with Gasteiger partial charge in [-0.05, 0) is 27.7 Å². The van der Waals surface area contributed by atoms with Crippen molar-refractivity contribution in [2.24, 2.45) is 0 Å². The van der Waals surface area contributed by atoms with E-state index in [1.165, 1.54) is 6.92 Å². The van der Waals surface area contributed by atoms with Crippen LogP contribution in [0.25, 0.3) is 0 Å². The first kappa shape index (κ1) is 10.6. The van der Waals surface area contributed by atoms with Crippen LogP contribution in [0.5, 0.6) is 0 Å². The van der Waals surface area contributed by atoms with E-state index in [4.69, 9.17) is 9.84 Å². The van der Waals surface area contributed by atoms with E-state index in [-0.39, 0.29) is 18.0 Å². The molecular formula is C8H16O3. The number of hydrogen-bond acceptors (Lipinski definition) is 3. The average Bonchev–Trinajstić information content (AvgIpc) is 1.80. The van der Waals surface area contributed by atoms with Gasteiger partial charge < -0.3 is 9.84 Å². The van der Waals surface area contributed by atoms with Crippen LogP contribution in [0.15, 0.2) is 0 Å². The Balaban J connectivity index is 3.99. The van der Waals surface area contributed by atoms with Crippen molar-refractivity contribution in [3.8, 4) is 0 Å². The van der Waals surface area contributed by atoms with Crippen LogP contribution in [-0.2, 0) is 9.53 Å². The van der Waals surface area contributed by atoms with Gasteiger partial charge in [0.1, 0.15) is 6.10 Å². The van der Waals surface area contributed by atoms with Crippen molar-refractivity contribution in [3.63, 3.8) is 0 Å². The minimum absolute atomic E-state index is 0.137. The number of carbonyl (C=O) groups excluding carboxylic acids is 1. The molecule has 0 aromatic rings. The Morgan fingerprint density at radius 1 is 1.55 bits per heavy atom. The van der Waals surface area contributed by atoms with Crippen molar-refractivity contribution in [3.05, 3.63) is 0 Å². The molecular weight excluding hydrogens is 144 g/mol. The summed E-state index contributed by atoms with van der Waals surface area (Å²) in [6.45, 7) is 6.70. The number of hydrogen-bond donors (Lipinski definition) is 1. The number of Topliss-reactive ketones (excluding diaryl/α,β-unsaturated/α-hetero) is 1. The van der Waals surface area contributed by atoms with Crippen LogP contribution in [0.2, 0.25) is 0 Å². The fourth-order valence-electron chi connectivity index (χ4n) is 0.676. The van der Waals surface area contributed by atoms with Gasteiger partial charge in [0.15, 0.2) is 5.78 Å². The Morgan fingerprint density at radius 3 is 2.09 bits per heavy atom. The van der Waals surface area contributed by atoms with E-state index in [1.807, 2.05) is 20.8 Å². The van der Waals surface area contributed by atoms with E-state index >= 15 is 0 Å². The number of rotatable bonds is 3. The van der Waals surface area contributed by atoms with E-state index in [1.54, 1.807) is 0 Å². The van der Waals surface area contributed by atoms with Gasteiger partial charge in [-0.25, -0.2) is 0 Å². The van der Waals surface area contributed by atoms with Crippen LogP contribution in [-0.4, -0.2) is 29.2 Å². The molecule has 0 saturated heterocycles. The highest BCUT2D eigenvalue weighted by atomic mass is 16.5. The van der Waals surface area contributed by atoms with Gasteiger partial charge in [0, 0.05) is 0 Å². The molecule has 1 atom stereocenters. The zero-order chi connectivity index (χ0) is 9.07. The predicted molar refractivity (Wildman–Crippen MR) is 42.4 cm³/mol. The lowest BCUT2D eigenvalue weighted by Gasteiger charge is -2.24. The lowest BCUT2D eigenvalue weighted by Crippen LogP contribution is -2.34. The van der Waals surface area contributed by atoms with Crippen LogP contribution in [0.1, 0.15) is 27.7 Å². The van der Waals surface area contributed by atoms with Crippen molar-refractivity contribution in [1.29, 1.82) is 0 Å². The monoisotopic (exact) mass is 160 g/mol. The second-order valence-electron chi connectivity index (χ2n) is 3.51. The summed E-state index contributed by atoms with van der Waals surface area (Å²) in [5.74, 6) is -0.137. The van der Waals surface area contributed by atoms with Gasteiger partial charge in [-0.1, -0.05) is 0 Å².